The number of rotatable bonds is 3. The van der Waals surface area contributed by atoms with Gasteiger partial charge in [0.05, 0.1) is 5.75 Å². The van der Waals surface area contributed by atoms with E-state index in [1.165, 1.54) is 0 Å². The largest absolute Gasteiger partial charge is 0.310 e. The van der Waals surface area contributed by atoms with Gasteiger partial charge in [0.1, 0.15) is 5.82 Å². The van der Waals surface area contributed by atoms with Gasteiger partial charge in [0.15, 0.2) is 0 Å². The second-order valence-electron chi connectivity index (χ2n) is 3.60. The van der Waals surface area contributed by atoms with Crippen LogP contribution in [-0.2, 0) is 5.75 Å². The Balaban J connectivity index is 3.19. The van der Waals surface area contributed by atoms with Crippen LogP contribution < -0.4 is 5.56 Å². The minimum Gasteiger partial charge on any atom is -0.310 e. The van der Waals surface area contributed by atoms with Gasteiger partial charge in [-0.2, -0.15) is 11.8 Å². The number of H-pyrrole nitrogens is 1. The Hall–Kier alpha value is -0.770. The first-order valence-electron chi connectivity index (χ1n) is 4.65. The third-order valence-corrected chi connectivity index (χ3v) is 2.62. The van der Waals surface area contributed by atoms with Crippen molar-refractivity contribution >= 4 is 11.8 Å². The molecule has 0 aromatic carbocycles. The van der Waals surface area contributed by atoms with E-state index in [1.807, 2.05) is 27.0 Å². The lowest BCUT2D eigenvalue weighted by Gasteiger charge is -2.08. The lowest BCUT2D eigenvalue weighted by molar-refractivity contribution is 0.799. The highest BCUT2D eigenvalue weighted by Crippen LogP contribution is 2.13. The molecule has 1 aromatic heterocycles. The standard InChI is InChI=1S/C10H16N2OS/c1-6(2)9-7(3)11-8(5-14-4)12-10(9)13/h6H,5H2,1-4H3,(H,11,12,13). The number of aryl methyl sites for hydroxylation is 1. The molecule has 3 nitrogen and oxygen atoms in total. The Morgan fingerprint density at radius 1 is 1.50 bits per heavy atom. The number of aromatic amines is 1. The lowest BCUT2D eigenvalue weighted by atomic mass is 10.0. The average molecular weight is 212 g/mol. The van der Waals surface area contributed by atoms with Crippen molar-refractivity contribution in [2.45, 2.75) is 32.4 Å². The van der Waals surface area contributed by atoms with Crippen LogP contribution in [0.25, 0.3) is 0 Å². The van der Waals surface area contributed by atoms with Crippen LogP contribution in [0.3, 0.4) is 0 Å². The Kier molecular flexibility index (Phi) is 3.75. The fourth-order valence-corrected chi connectivity index (χ4v) is 1.95. The Morgan fingerprint density at radius 3 is 2.57 bits per heavy atom. The molecule has 0 spiro atoms. The van der Waals surface area contributed by atoms with Crippen molar-refractivity contribution in [1.29, 1.82) is 0 Å². The predicted molar refractivity (Wildman–Crippen MR) is 60.9 cm³/mol. The van der Waals surface area contributed by atoms with E-state index in [4.69, 9.17) is 0 Å². The normalized spacial score (nSPS) is 10.9. The predicted octanol–water partition coefficient (Wildman–Crippen LogP) is 2.06. The van der Waals surface area contributed by atoms with Gasteiger partial charge in [0.25, 0.3) is 5.56 Å². The molecule has 0 aliphatic heterocycles. The van der Waals surface area contributed by atoms with E-state index < -0.39 is 0 Å². The minimum atomic E-state index is 0.0107. The van der Waals surface area contributed by atoms with Gasteiger partial charge < -0.3 is 4.98 Å². The van der Waals surface area contributed by atoms with Gasteiger partial charge in [-0.15, -0.1) is 0 Å². The number of aromatic nitrogens is 2. The fourth-order valence-electron chi connectivity index (χ4n) is 1.54. The third-order valence-electron chi connectivity index (χ3n) is 2.05. The Morgan fingerprint density at radius 2 is 2.14 bits per heavy atom. The summed E-state index contributed by atoms with van der Waals surface area (Å²) in [6, 6.07) is 0. The Labute approximate surface area is 88.3 Å². The number of hydrogen-bond acceptors (Lipinski definition) is 3. The molecule has 1 N–H and O–H groups in total. The molecule has 0 unspecified atom stereocenters. The summed E-state index contributed by atoms with van der Waals surface area (Å²) in [4.78, 5) is 18.9. The molecular formula is C10H16N2OS. The van der Waals surface area contributed by atoms with Crippen molar-refractivity contribution in [3.05, 3.63) is 27.4 Å². The first-order valence-corrected chi connectivity index (χ1v) is 6.04. The summed E-state index contributed by atoms with van der Waals surface area (Å²) in [6.07, 6.45) is 1.99. The highest BCUT2D eigenvalue weighted by molar-refractivity contribution is 7.97. The van der Waals surface area contributed by atoms with Crippen molar-refractivity contribution in [3.63, 3.8) is 0 Å². The molecule has 0 fully saturated rings. The molecule has 0 saturated heterocycles. The summed E-state index contributed by atoms with van der Waals surface area (Å²) in [5.41, 5.74) is 1.67. The van der Waals surface area contributed by atoms with Crippen molar-refractivity contribution in [1.82, 2.24) is 9.97 Å². The number of thioether (sulfide) groups is 1. The maximum absolute atomic E-state index is 11.7. The van der Waals surface area contributed by atoms with Crippen LogP contribution in [0.15, 0.2) is 4.79 Å². The quantitative estimate of drug-likeness (QED) is 0.834. The maximum Gasteiger partial charge on any atom is 0.254 e. The van der Waals surface area contributed by atoms with E-state index >= 15 is 0 Å². The van der Waals surface area contributed by atoms with Crippen LogP contribution in [0.4, 0.5) is 0 Å². The van der Waals surface area contributed by atoms with Crippen LogP contribution in [-0.4, -0.2) is 16.2 Å². The maximum atomic E-state index is 11.7. The molecule has 14 heavy (non-hydrogen) atoms. The second kappa shape index (κ2) is 4.64. The van der Waals surface area contributed by atoms with Crippen LogP contribution in [0.1, 0.15) is 36.8 Å². The zero-order valence-corrected chi connectivity index (χ0v) is 9.86. The topological polar surface area (TPSA) is 45.8 Å². The average Bonchev–Trinajstić information content (AvgIpc) is 2.01. The molecule has 1 heterocycles. The first-order chi connectivity index (χ1) is 6.56. The summed E-state index contributed by atoms with van der Waals surface area (Å²) >= 11 is 1.65. The van der Waals surface area contributed by atoms with E-state index in [-0.39, 0.29) is 11.5 Å². The van der Waals surface area contributed by atoms with E-state index in [1.54, 1.807) is 11.8 Å². The molecule has 1 aromatic rings. The molecule has 1 rings (SSSR count). The smallest absolute Gasteiger partial charge is 0.254 e. The van der Waals surface area contributed by atoms with E-state index in [9.17, 15) is 4.79 Å². The van der Waals surface area contributed by atoms with Crippen LogP contribution in [0.5, 0.6) is 0 Å². The highest BCUT2D eigenvalue weighted by atomic mass is 32.2. The minimum absolute atomic E-state index is 0.0107. The molecule has 78 valence electrons. The molecule has 0 atom stereocenters. The molecule has 0 aliphatic rings. The highest BCUT2D eigenvalue weighted by Gasteiger charge is 2.10. The van der Waals surface area contributed by atoms with Gasteiger partial charge >= 0.3 is 0 Å². The van der Waals surface area contributed by atoms with Crippen LogP contribution in [0.2, 0.25) is 0 Å². The lowest BCUT2D eigenvalue weighted by Crippen LogP contribution is -2.19. The molecule has 0 amide bonds. The molecule has 0 radical (unpaired) electrons. The van der Waals surface area contributed by atoms with Crippen molar-refractivity contribution in [2.75, 3.05) is 6.26 Å². The van der Waals surface area contributed by atoms with Gasteiger partial charge in [-0.3, -0.25) is 4.79 Å². The van der Waals surface area contributed by atoms with E-state index in [2.05, 4.69) is 9.97 Å². The van der Waals surface area contributed by atoms with Crippen molar-refractivity contribution in [2.24, 2.45) is 0 Å². The first kappa shape index (κ1) is 11.3. The van der Waals surface area contributed by atoms with Crippen molar-refractivity contribution in [3.8, 4) is 0 Å². The fraction of sp³-hybridized carbons (Fsp3) is 0.600. The summed E-state index contributed by atoms with van der Waals surface area (Å²) in [7, 11) is 0. The molecule has 0 aliphatic carbocycles. The van der Waals surface area contributed by atoms with Crippen LogP contribution >= 0.6 is 11.8 Å². The zero-order chi connectivity index (χ0) is 10.7. The second-order valence-corrected chi connectivity index (χ2v) is 4.47. The number of hydrogen-bond donors (Lipinski definition) is 1. The zero-order valence-electron chi connectivity index (χ0n) is 9.05. The summed E-state index contributed by atoms with van der Waals surface area (Å²) in [6.45, 7) is 5.91. The SMILES string of the molecule is CSCc1nc(C)c(C(C)C)c(=O)[nH]1. The van der Waals surface area contributed by atoms with E-state index in [0.717, 1.165) is 22.8 Å². The summed E-state index contributed by atoms with van der Waals surface area (Å²) < 4.78 is 0. The summed E-state index contributed by atoms with van der Waals surface area (Å²) in [5, 5.41) is 0. The molecular weight excluding hydrogens is 196 g/mol. The van der Waals surface area contributed by atoms with Gasteiger partial charge in [-0.1, -0.05) is 13.8 Å². The molecule has 0 saturated carbocycles. The van der Waals surface area contributed by atoms with Crippen molar-refractivity contribution < 1.29 is 0 Å². The van der Waals surface area contributed by atoms with Gasteiger partial charge in [-0.05, 0) is 19.1 Å². The van der Waals surface area contributed by atoms with Gasteiger partial charge in [0.2, 0.25) is 0 Å². The number of nitrogens with zero attached hydrogens (tertiary/aromatic N) is 1. The van der Waals surface area contributed by atoms with Gasteiger partial charge in [0, 0.05) is 11.3 Å². The third kappa shape index (κ3) is 2.38. The van der Waals surface area contributed by atoms with E-state index in [0.29, 0.717) is 0 Å². The summed E-state index contributed by atoms with van der Waals surface area (Å²) in [5.74, 6) is 1.76. The monoisotopic (exact) mass is 212 g/mol. The number of nitrogens with one attached hydrogen (secondary N) is 1. The molecule has 4 heteroatoms. The Bertz CT molecular complexity index is 371. The molecule has 0 bridgehead atoms. The van der Waals surface area contributed by atoms with Crippen LogP contribution in [0, 0.1) is 6.92 Å². The van der Waals surface area contributed by atoms with Gasteiger partial charge in [-0.25, -0.2) is 4.98 Å².